The van der Waals surface area contributed by atoms with Crippen molar-refractivity contribution in [2.45, 2.75) is 26.3 Å². The third-order valence-corrected chi connectivity index (χ3v) is 3.27. The molecule has 1 aromatic carbocycles. The molecule has 0 heterocycles. The zero-order valence-electron chi connectivity index (χ0n) is 12.4. The number of Topliss-reactive ketones (excluding diaryl/α,β-unsaturated/α-hetero) is 1. The van der Waals surface area contributed by atoms with Crippen molar-refractivity contribution in [1.29, 1.82) is 0 Å². The average molecular weight is 280 g/mol. The first-order valence-corrected chi connectivity index (χ1v) is 6.92. The Labute approximate surface area is 120 Å². The number of likely N-dealkylation sites (N-methyl/N-ethyl adjacent to an activating group) is 1. The maximum Gasteiger partial charge on any atom is 0.180 e. The summed E-state index contributed by atoms with van der Waals surface area (Å²) in [6.07, 6.45) is 0.683. The SMILES string of the molecule is CCOc1ccc(C(=O)C(CC)N(C)CCO)cc1N. The molecule has 0 aliphatic heterocycles. The van der Waals surface area contributed by atoms with Crippen molar-refractivity contribution in [3.63, 3.8) is 0 Å². The molecule has 0 radical (unpaired) electrons. The maximum absolute atomic E-state index is 12.5. The van der Waals surface area contributed by atoms with Gasteiger partial charge in [0, 0.05) is 12.1 Å². The predicted molar refractivity (Wildman–Crippen MR) is 80.1 cm³/mol. The van der Waals surface area contributed by atoms with Crippen LogP contribution in [0.3, 0.4) is 0 Å². The van der Waals surface area contributed by atoms with Crippen LogP contribution in [-0.2, 0) is 0 Å². The van der Waals surface area contributed by atoms with Crippen LogP contribution in [0.1, 0.15) is 30.6 Å². The molecular formula is C15H24N2O3. The van der Waals surface area contributed by atoms with Gasteiger partial charge in [-0.1, -0.05) is 6.92 Å². The number of nitrogens with two attached hydrogens (primary N) is 1. The van der Waals surface area contributed by atoms with E-state index < -0.39 is 0 Å². The minimum Gasteiger partial charge on any atom is -0.492 e. The summed E-state index contributed by atoms with van der Waals surface area (Å²) in [6.45, 7) is 4.88. The van der Waals surface area contributed by atoms with E-state index in [1.54, 1.807) is 18.2 Å². The molecule has 20 heavy (non-hydrogen) atoms. The molecule has 0 bridgehead atoms. The van der Waals surface area contributed by atoms with Gasteiger partial charge in [-0.15, -0.1) is 0 Å². The Morgan fingerprint density at radius 2 is 2.15 bits per heavy atom. The molecular weight excluding hydrogens is 256 g/mol. The maximum atomic E-state index is 12.5. The third-order valence-electron chi connectivity index (χ3n) is 3.27. The van der Waals surface area contributed by atoms with Crippen LogP contribution in [0.4, 0.5) is 5.69 Å². The lowest BCUT2D eigenvalue weighted by Gasteiger charge is -2.25. The van der Waals surface area contributed by atoms with Crippen molar-refractivity contribution in [1.82, 2.24) is 4.90 Å². The van der Waals surface area contributed by atoms with Gasteiger partial charge < -0.3 is 15.6 Å². The quantitative estimate of drug-likeness (QED) is 0.558. The third kappa shape index (κ3) is 3.95. The summed E-state index contributed by atoms with van der Waals surface area (Å²) < 4.78 is 5.36. The lowest BCUT2D eigenvalue weighted by Crippen LogP contribution is -2.39. The van der Waals surface area contributed by atoms with E-state index in [0.717, 1.165) is 0 Å². The van der Waals surface area contributed by atoms with Gasteiger partial charge in [-0.05, 0) is 38.6 Å². The van der Waals surface area contributed by atoms with Gasteiger partial charge >= 0.3 is 0 Å². The number of aliphatic hydroxyl groups excluding tert-OH is 1. The highest BCUT2D eigenvalue weighted by molar-refractivity contribution is 6.01. The highest BCUT2D eigenvalue weighted by Gasteiger charge is 2.22. The van der Waals surface area contributed by atoms with Crippen molar-refractivity contribution >= 4 is 11.5 Å². The number of ketones is 1. The first-order chi connectivity index (χ1) is 9.54. The molecule has 112 valence electrons. The van der Waals surface area contributed by atoms with Crippen molar-refractivity contribution in [2.75, 3.05) is 32.5 Å². The van der Waals surface area contributed by atoms with Gasteiger partial charge in [-0.3, -0.25) is 9.69 Å². The fraction of sp³-hybridized carbons (Fsp3) is 0.533. The van der Waals surface area contributed by atoms with Crippen LogP contribution in [-0.4, -0.2) is 48.6 Å². The Kier molecular flexibility index (Phi) is 6.48. The first-order valence-electron chi connectivity index (χ1n) is 6.92. The summed E-state index contributed by atoms with van der Waals surface area (Å²) in [5, 5.41) is 8.98. The molecule has 3 N–H and O–H groups in total. The van der Waals surface area contributed by atoms with Crippen LogP contribution in [0.2, 0.25) is 0 Å². The van der Waals surface area contributed by atoms with Crippen LogP contribution in [0, 0.1) is 0 Å². The second-order valence-corrected chi connectivity index (χ2v) is 4.68. The molecule has 0 aliphatic rings. The lowest BCUT2D eigenvalue weighted by atomic mass is 10.0. The number of carbonyl (C=O) groups is 1. The molecule has 1 aromatic rings. The number of hydrogen-bond donors (Lipinski definition) is 2. The molecule has 5 heteroatoms. The predicted octanol–water partition coefficient (Wildman–Crippen LogP) is 1.55. The molecule has 1 atom stereocenters. The van der Waals surface area contributed by atoms with Crippen molar-refractivity contribution in [3.8, 4) is 5.75 Å². The summed E-state index contributed by atoms with van der Waals surface area (Å²) in [7, 11) is 1.83. The van der Waals surface area contributed by atoms with E-state index in [9.17, 15) is 4.79 Å². The van der Waals surface area contributed by atoms with E-state index in [1.165, 1.54) is 0 Å². The summed E-state index contributed by atoms with van der Waals surface area (Å²) in [5.74, 6) is 0.610. The van der Waals surface area contributed by atoms with E-state index in [2.05, 4.69) is 0 Å². The summed E-state index contributed by atoms with van der Waals surface area (Å²) in [5.41, 5.74) is 6.93. The Balaban J connectivity index is 2.92. The van der Waals surface area contributed by atoms with Gasteiger partial charge in [0.1, 0.15) is 5.75 Å². The summed E-state index contributed by atoms with van der Waals surface area (Å²) in [6, 6.07) is 4.87. The number of rotatable bonds is 8. The monoisotopic (exact) mass is 280 g/mol. The molecule has 0 fully saturated rings. The smallest absolute Gasteiger partial charge is 0.180 e. The van der Waals surface area contributed by atoms with Gasteiger partial charge in [-0.2, -0.15) is 0 Å². The number of anilines is 1. The number of aliphatic hydroxyl groups is 1. The topological polar surface area (TPSA) is 75.8 Å². The van der Waals surface area contributed by atoms with Crippen LogP contribution in [0.25, 0.3) is 0 Å². The highest BCUT2D eigenvalue weighted by atomic mass is 16.5. The largest absolute Gasteiger partial charge is 0.492 e. The Bertz CT molecular complexity index is 449. The number of carbonyl (C=O) groups excluding carboxylic acids is 1. The van der Waals surface area contributed by atoms with Crippen LogP contribution >= 0.6 is 0 Å². The normalized spacial score (nSPS) is 12.4. The molecule has 1 rings (SSSR count). The average Bonchev–Trinajstić information content (AvgIpc) is 2.42. The molecule has 0 spiro atoms. The summed E-state index contributed by atoms with van der Waals surface area (Å²) >= 11 is 0. The number of nitrogen functional groups attached to an aromatic ring is 1. The van der Waals surface area contributed by atoms with Gasteiger partial charge in [0.15, 0.2) is 5.78 Å². The van der Waals surface area contributed by atoms with E-state index in [4.69, 9.17) is 15.6 Å². The second kappa shape index (κ2) is 7.87. The number of ether oxygens (including phenoxy) is 1. The molecule has 1 unspecified atom stereocenters. The van der Waals surface area contributed by atoms with Crippen molar-refractivity contribution in [3.05, 3.63) is 23.8 Å². The van der Waals surface area contributed by atoms with E-state index in [1.807, 2.05) is 25.8 Å². The van der Waals surface area contributed by atoms with Crippen LogP contribution in [0.15, 0.2) is 18.2 Å². The van der Waals surface area contributed by atoms with Gasteiger partial charge in [0.25, 0.3) is 0 Å². The van der Waals surface area contributed by atoms with Crippen molar-refractivity contribution in [2.24, 2.45) is 0 Å². The lowest BCUT2D eigenvalue weighted by molar-refractivity contribution is 0.0823. The molecule has 5 nitrogen and oxygen atoms in total. The molecule has 0 amide bonds. The van der Waals surface area contributed by atoms with Gasteiger partial charge in [0.2, 0.25) is 0 Å². The molecule has 0 aliphatic carbocycles. The Hall–Kier alpha value is -1.59. The molecule has 0 aromatic heterocycles. The Morgan fingerprint density at radius 3 is 2.65 bits per heavy atom. The van der Waals surface area contributed by atoms with Crippen LogP contribution in [0.5, 0.6) is 5.75 Å². The van der Waals surface area contributed by atoms with Gasteiger partial charge in [0.05, 0.1) is 24.9 Å². The zero-order valence-corrected chi connectivity index (χ0v) is 12.4. The van der Waals surface area contributed by atoms with E-state index >= 15 is 0 Å². The molecule has 0 saturated heterocycles. The van der Waals surface area contributed by atoms with Gasteiger partial charge in [-0.25, -0.2) is 0 Å². The number of benzene rings is 1. The van der Waals surface area contributed by atoms with Crippen LogP contribution < -0.4 is 10.5 Å². The van der Waals surface area contributed by atoms with E-state index in [-0.39, 0.29) is 18.4 Å². The number of hydrogen-bond acceptors (Lipinski definition) is 5. The number of nitrogens with zero attached hydrogens (tertiary/aromatic N) is 1. The second-order valence-electron chi connectivity index (χ2n) is 4.68. The Morgan fingerprint density at radius 1 is 1.45 bits per heavy atom. The summed E-state index contributed by atoms with van der Waals surface area (Å²) in [4.78, 5) is 14.4. The molecule has 0 saturated carbocycles. The minimum absolute atomic E-state index is 0.0122. The van der Waals surface area contributed by atoms with Crippen molar-refractivity contribution < 1.29 is 14.6 Å². The fourth-order valence-corrected chi connectivity index (χ4v) is 2.19. The van der Waals surface area contributed by atoms with E-state index in [0.29, 0.717) is 36.6 Å². The fourth-order valence-electron chi connectivity index (χ4n) is 2.19. The standard InChI is InChI=1S/C15H24N2O3/c1-4-13(17(3)8-9-18)15(19)11-6-7-14(20-5-2)12(16)10-11/h6-7,10,13,18H,4-5,8-9,16H2,1-3H3. The highest BCUT2D eigenvalue weighted by Crippen LogP contribution is 2.24. The first kappa shape index (κ1) is 16.5. The minimum atomic E-state index is -0.250. The zero-order chi connectivity index (χ0) is 15.1.